The summed E-state index contributed by atoms with van der Waals surface area (Å²) in [7, 11) is 2.70. The van der Waals surface area contributed by atoms with Crippen molar-refractivity contribution in [1.29, 1.82) is 0 Å². The van der Waals surface area contributed by atoms with Crippen LogP contribution in [-0.2, 0) is 14.3 Å². The fourth-order valence-corrected chi connectivity index (χ4v) is 2.46. The molecule has 23 heavy (non-hydrogen) atoms. The van der Waals surface area contributed by atoms with E-state index in [9.17, 15) is 14.0 Å². The average Bonchev–Trinajstić information content (AvgIpc) is 2.56. The van der Waals surface area contributed by atoms with Crippen LogP contribution in [0.25, 0.3) is 0 Å². The van der Waals surface area contributed by atoms with Crippen molar-refractivity contribution in [2.75, 3.05) is 32.6 Å². The Balaban J connectivity index is 0.00000264. The first kappa shape index (κ1) is 19.3. The minimum Gasteiger partial charge on any atom is -0.465 e. The third-order valence-corrected chi connectivity index (χ3v) is 3.85. The highest BCUT2D eigenvalue weighted by Crippen LogP contribution is 2.26. The van der Waals surface area contributed by atoms with Crippen molar-refractivity contribution in [2.24, 2.45) is 0 Å². The van der Waals surface area contributed by atoms with Gasteiger partial charge in [-0.05, 0) is 44.1 Å². The van der Waals surface area contributed by atoms with Crippen LogP contribution in [0.3, 0.4) is 0 Å². The van der Waals surface area contributed by atoms with Crippen molar-refractivity contribution in [3.8, 4) is 0 Å². The number of carbonyl (C=O) groups is 2. The molecule has 0 bridgehead atoms. The fourth-order valence-electron chi connectivity index (χ4n) is 2.46. The Hall–Kier alpha value is -1.70. The molecule has 0 aromatic heterocycles. The number of methoxy groups -OCH3 is 2. The van der Waals surface area contributed by atoms with Gasteiger partial charge in [-0.15, -0.1) is 12.4 Å². The molecule has 1 aromatic rings. The van der Waals surface area contributed by atoms with Gasteiger partial charge in [0.1, 0.15) is 11.4 Å². The van der Waals surface area contributed by atoms with E-state index in [1.54, 1.807) is 0 Å². The molecule has 1 aromatic carbocycles. The van der Waals surface area contributed by atoms with Gasteiger partial charge in [-0.25, -0.2) is 9.18 Å². The highest BCUT2D eigenvalue weighted by molar-refractivity contribution is 5.99. The van der Waals surface area contributed by atoms with E-state index in [1.807, 2.05) is 0 Å². The van der Waals surface area contributed by atoms with Crippen LogP contribution in [0, 0.1) is 5.82 Å². The minimum absolute atomic E-state index is 0. The molecule has 1 amide bonds. The summed E-state index contributed by atoms with van der Waals surface area (Å²) in [6.45, 7) is 1.29. The molecule has 0 aliphatic carbocycles. The van der Waals surface area contributed by atoms with Crippen LogP contribution >= 0.6 is 12.4 Å². The Kier molecular flexibility index (Phi) is 6.93. The van der Waals surface area contributed by atoms with Gasteiger partial charge in [-0.2, -0.15) is 0 Å². The standard InChI is InChI=1S/C15H19FN2O4.ClH/c1-21-13(19)10-3-4-11(16)12(9-10)18-14(20)15(22-2)5-7-17-8-6-15;/h3-4,9,17H,5-8H2,1-2H3,(H,18,20);1H. The predicted molar refractivity (Wildman–Crippen MR) is 85.5 cm³/mol. The summed E-state index contributed by atoms with van der Waals surface area (Å²) in [6.07, 6.45) is 0.987. The van der Waals surface area contributed by atoms with Gasteiger partial charge in [-0.3, -0.25) is 4.79 Å². The Morgan fingerprint density at radius 3 is 2.48 bits per heavy atom. The van der Waals surface area contributed by atoms with Crippen LogP contribution in [0.4, 0.5) is 10.1 Å². The second-order valence-electron chi connectivity index (χ2n) is 5.09. The number of hydrogen-bond acceptors (Lipinski definition) is 5. The number of anilines is 1. The summed E-state index contributed by atoms with van der Waals surface area (Å²) in [5.74, 6) is -1.64. The van der Waals surface area contributed by atoms with Crippen LogP contribution in [0.15, 0.2) is 18.2 Å². The lowest BCUT2D eigenvalue weighted by molar-refractivity contribution is -0.140. The zero-order valence-electron chi connectivity index (χ0n) is 13.0. The highest BCUT2D eigenvalue weighted by Gasteiger charge is 2.40. The molecule has 2 rings (SSSR count). The van der Waals surface area contributed by atoms with Crippen molar-refractivity contribution in [2.45, 2.75) is 18.4 Å². The quantitative estimate of drug-likeness (QED) is 0.812. The fraction of sp³-hybridized carbons (Fsp3) is 0.467. The van der Waals surface area contributed by atoms with Crippen LogP contribution in [0.1, 0.15) is 23.2 Å². The molecule has 1 saturated heterocycles. The SMILES string of the molecule is COC(=O)c1ccc(F)c(NC(=O)C2(OC)CCNCC2)c1.Cl. The Morgan fingerprint density at radius 2 is 1.91 bits per heavy atom. The van der Waals surface area contributed by atoms with Gasteiger partial charge in [0.15, 0.2) is 0 Å². The molecular weight excluding hydrogens is 327 g/mol. The number of carbonyl (C=O) groups excluding carboxylic acids is 2. The third kappa shape index (κ3) is 4.19. The smallest absolute Gasteiger partial charge is 0.337 e. The maximum atomic E-state index is 13.9. The number of piperidine rings is 1. The first-order chi connectivity index (χ1) is 10.5. The van der Waals surface area contributed by atoms with Gasteiger partial charge in [0.2, 0.25) is 0 Å². The molecule has 1 aliphatic heterocycles. The summed E-state index contributed by atoms with van der Waals surface area (Å²) in [6, 6.07) is 3.67. The van der Waals surface area contributed by atoms with Crippen molar-refractivity contribution in [3.05, 3.63) is 29.6 Å². The molecule has 0 saturated carbocycles. The number of rotatable bonds is 4. The van der Waals surface area contributed by atoms with Crippen LogP contribution in [0.2, 0.25) is 0 Å². The number of halogens is 2. The lowest BCUT2D eigenvalue weighted by Gasteiger charge is -2.34. The van der Waals surface area contributed by atoms with E-state index in [2.05, 4.69) is 15.4 Å². The van der Waals surface area contributed by atoms with Crippen molar-refractivity contribution in [3.63, 3.8) is 0 Å². The molecule has 128 valence electrons. The predicted octanol–water partition coefficient (Wildman–Crippen LogP) is 1.74. The molecule has 1 aliphatic rings. The molecule has 0 spiro atoms. The van der Waals surface area contributed by atoms with Crippen molar-refractivity contribution in [1.82, 2.24) is 5.32 Å². The topological polar surface area (TPSA) is 76.7 Å². The van der Waals surface area contributed by atoms with Crippen LogP contribution in [-0.4, -0.2) is 44.8 Å². The van der Waals surface area contributed by atoms with E-state index in [4.69, 9.17) is 4.74 Å². The van der Waals surface area contributed by atoms with Crippen LogP contribution in [0.5, 0.6) is 0 Å². The van der Waals surface area contributed by atoms with Gasteiger partial charge in [0.05, 0.1) is 18.4 Å². The second-order valence-corrected chi connectivity index (χ2v) is 5.09. The molecule has 2 N–H and O–H groups in total. The summed E-state index contributed by atoms with van der Waals surface area (Å²) < 4.78 is 23.8. The number of nitrogens with one attached hydrogen (secondary N) is 2. The Bertz CT molecular complexity index is 577. The van der Waals surface area contributed by atoms with Gasteiger partial charge in [0, 0.05) is 7.11 Å². The average molecular weight is 347 g/mol. The molecule has 0 atom stereocenters. The third-order valence-electron chi connectivity index (χ3n) is 3.85. The highest BCUT2D eigenvalue weighted by atomic mass is 35.5. The Morgan fingerprint density at radius 1 is 1.26 bits per heavy atom. The molecular formula is C15H20ClFN2O4. The minimum atomic E-state index is -0.987. The molecule has 6 nitrogen and oxygen atoms in total. The number of benzene rings is 1. The number of hydrogen-bond donors (Lipinski definition) is 2. The maximum absolute atomic E-state index is 13.9. The summed E-state index contributed by atoms with van der Waals surface area (Å²) in [5.41, 5.74) is -0.891. The number of ether oxygens (including phenoxy) is 2. The van der Waals surface area contributed by atoms with Gasteiger partial charge in [0.25, 0.3) is 5.91 Å². The van der Waals surface area contributed by atoms with E-state index in [0.717, 1.165) is 6.07 Å². The lowest BCUT2D eigenvalue weighted by atomic mass is 9.91. The normalized spacial score (nSPS) is 16.1. The van der Waals surface area contributed by atoms with Gasteiger partial charge < -0.3 is 20.1 Å². The molecule has 8 heteroatoms. The monoisotopic (exact) mass is 346 g/mol. The summed E-state index contributed by atoms with van der Waals surface area (Å²) >= 11 is 0. The molecule has 1 fully saturated rings. The zero-order chi connectivity index (χ0) is 16.2. The van der Waals surface area contributed by atoms with Crippen molar-refractivity contribution < 1.29 is 23.5 Å². The van der Waals surface area contributed by atoms with Crippen molar-refractivity contribution >= 4 is 30.0 Å². The van der Waals surface area contributed by atoms with E-state index in [0.29, 0.717) is 25.9 Å². The van der Waals surface area contributed by atoms with E-state index >= 15 is 0 Å². The molecule has 0 unspecified atom stereocenters. The summed E-state index contributed by atoms with van der Waals surface area (Å²) in [5, 5.41) is 5.66. The zero-order valence-corrected chi connectivity index (χ0v) is 13.8. The van der Waals surface area contributed by atoms with E-state index in [1.165, 1.54) is 26.4 Å². The Labute approximate surface area is 140 Å². The molecule has 1 heterocycles. The first-order valence-corrected chi connectivity index (χ1v) is 6.97. The van der Waals surface area contributed by atoms with Gasteiger partial charge >= 0.3 is 5.97 Å². The second kappa shape index (κ2) is 8.24. The van der Waals surface area contributed by atoms with E-state index < -0.39 is 23.3 Å². The van der Waals surface area contributed by atoms with E-state index in [-0.39, 0.29) is 23.7 Å². The maximum Gasteiger partial charge on any atom is 0.337 e. The van der Waals surface area contributed by atoms with Gasteiger partial charge in [-0.1, -0.05) is 0 Å². The lowest BCUT2D eigenvalue weighted by Crippen LogP contribution is -2.51. The largest absolute Gasteiger partial charge is 0.465 e. The first-order valence-electron chi connectivity index (χ1n) is 6.97. The summed E-state index contributed by atoms with van der Waals surface area (Å²) in [4.78, 5) is 24.0. The number of amides is 1. The molecule has 0 radical (unpaired) electrons. The number of esters is 1. The van der Waals surface area contributed by atoms with Crippen LogP contribution < -0.4 is 10.6 Å².